The maximum absolute atomic E-state index is 12.7. The fourth-order valence-electron chi connectivity index (χ4n) is 3.13. The van der Waals surface area contributed by atoms with Gasteiger partial charge in [0.15, 0.2) is 11.5 Å². The van der Waals surface area contributed by atoms with Crippen molar-refractivity contribution in [2.24, 2.45) is 4.99 Å². The van der Waals surface area contributed by atoms with Crippen molar-refractivity contribution >= 4 is 11.7 Å². The standard InChI is InChI=1S/C20H20F3NO2.C2H4O2/c1-25-18-11-14-9-10-24-17(16(14)12-19(18)26-2)8-5-13-3-6-15(7-4-13)20(21,22)23;1-2(3)4/h3-4,6-7,11-12H,5,8-10H2,1-2H3;1H3,(H,3,4). The number of aliphatic imine (C=N–C) groups is 1. The number of methoxy groups -OCH3 is 2. The van der Waals surface area contributed by atoms with Crippen LogP contribution in [-0.4, -0.2) is 37.6 Å². The molecule has 0 spiro atoms. The van der Waals surface area contributed by atoms with Crippen LogP contribution >= 0.6 is 0 Å². The molecule has 0 radical (unpaired) electrons. The Morgan fingerprint density at radius 3 is 2.17 bits per heavy atom. The number of ether oxygens (including phenoxy) is 2. The largest absolute Gasteiger partial charge is 0.493 e. The summed E-state index contributed by atoms with van der Waals surface area (Å²) in [5, 5.41) is 7.42. The van der Waals surface area contributed by atoms with E-state index in [1.807, 2.05) is 12.1 Å². The van der Waals surface area contributed by atoms with E-state index in [0.29, 0.717) is 30.9 Å². The summed E-state index contributed by atoms with van der Waals surface area (Å²) >= 11 is 0. The number of rotatable bonds is 5. The highest BCUT2D eigenvalue weighted by molar-refractivity contribution is 6.03. The SMILES string of the molecule is CC(=O)O.COc1cc2c(cc1OC)C(CCc1ccc(C(F)(F)F)cc1)=NCC2. The van der Waals surface area contributed by atoms with E-state index in [0.717, 1.165) is 47.9 Å². The minimum atomic E-state index is -4.31. The first-order chi connectivity index (χ1) is 14.2. The van der Waals surface area contributed by atoms with Gasteiger partial charge >= 0.3 is 6.18 Å². The van der Waals surface area contributed by atoms with Gasteiger partial charge < -0.3 is 14.6 Å². The number of carboxylic acids is 1. The fourth-order valence-corrected chi connectivity index (χ4v) is 3.13. The number of hydrogen-bond acceptors (Lipinski definition) is 4. The number of fused-ring (bicyclic) bond motifs is 1. The average Bonchev–Trinajstić information content (AvgIpc) is 2.70. The van der Waals surface area contributed by atoms with Crippen LogP contribution in [0.5, 0.6) is 11.5 Å². The summed E-state index contributed by atoms with van der Waals surface area (Å²) < 4.78 is 48.7. The van der Waals surface area contributed by atoms with Gasteiger partial charge in [0, 0.05) is 24.7 Å². The normalized spacial score (nSPS) is 12.8. The molecule has 3 rings (SSSR count). The van der Waals surface area contributed by atoms with Crippen LogP contribution in [0.15, 0.2) is 41.4 Å². The lowest BCUT2D eigenvalue weighted by atomic mass is 9.93. The monoisotopic (exact) mass is 423 g/mol. The fraction of sp³-hybridized carbons (Fsp3) is 0.364. The quantitative estimate of drug-likeness (QED) is 0.751. The molecule has 0 aliphatic carbocycles. The zero-order valence-corrected chi connectivity index (χ0v) is 17.0. The minimum absolute atomic E-state index is 0.626. The van der Waals surface area contributed by atoms with E-state index in [4.69, 9.17) is 19.4 Å². The van der Waals surface area contributed by atoms with Gasteiger partial charge in [-0.3, -0.25) is 9.79 Å². The molecule has 0 unspecified atom stereocenters. The van der Waals surface area contributed by atoms with E-state index in [9.17, 15) is 13.2 Å². The van der Waals surface area contributed by atoms with Crippen LogP contribution in [-0.2, 0) is 23.8 Å². The van der Waals surface area contributed by atoms with Gasteiger partial charge in [0.2, 0.25) is 0 Å². The number of carbonyl (C=O) groups is 1. The third-order valence-corrected chi connectivity index (χ3v) is 4.54. The second-order valence-corrected chi connectivity index (χ2v) is 6.66. The van der Waals surface area contributed by atoms with Gasteiger partial charge in [-0.15, -0.1) is 0 Å². The smallest absolute Gasteiger partial charge is 0.416 e. The number of nitrogens with zero attached hydrogens (tertiary/aromatic N) is 1. The first kappa shape index (κ1) is 23.3. The Morgan fingerprint density at radius 2 is 1.63 bits per heavy atom. The van der Waals surface area contributed by atoms with E-state index in [1.54, 1.807) is 14.2 Å². The molecule has 1 aliphatic rings. The number of benzene rings is 2. The average molecular weight is 423 g/mol. The van der Waals surface area contributed by atoms with Gasteiger partial charge in [-0.2, -0.15) is 13.2 Å². The zero-order valence-electron chi connectivity index (χ0n) is 17.0. The van der Waals surface area contributed by atoms with Crippen molar-refractivity contribution in [1.29, 1.82) is 0 Å². The van der Waals surface area contributed by atoms with Gasteiger partial charge in [-0.05, 0) is 54.7 Å². The van der Waals surface area contributed by atoms with E-state index in [1.165, 1.54) is 12.1 Å². The van der Waals surface area contributed by atoms with Gasteiger partial charge in [0.1, 0.15) is 0 Å². The number of aryl methyl sites for hydroxylation is 1. The van der Waals surface area contributed by atoms with Crippen molar-refractivity contribution in [2.75, 3.05) is 20.8 Å². The Bertz CT molecular complexity index is 902. The molecule has 0 saturated carbocycles. The lowest BCUT2D eigenvalue weighted by Gasteiger charge is -2.20. The molecule has 0 atom stereocenters. The summed E-state index contributed by atoms with van der Waals surface area (Å²) in [5.41, 5.74) is 3.36. The van der Waals surface area contributed by atoms with E-state index < -0.39 is 17.7 Å². The van der Waals surface area contributed by atoms with Crippen LogP contribution in [0.2, 0.25) is 0 Å². The number of aliphatic carboxylic acids is 1. The maximum atomic E-state index is 12.7. The van der Waals surface area contributed by atoms with Crippen LogP contribution in [0.4, 0.5) is 13.2 Å². The molecule has 0 saturated heterocycles. The molecular formula is C22H24F3NO4. The first-order valence-corrected chi connectivity index (χ1v) is 9.30. The summed E-state index contributed by atoms with van der Waals surface area (Å²) in [6.07, 6.45) is -2.18. The summed E-state index contributed by atoms with van der Waals surface area (Å²) in [6.45, 7) is 1.78. The second kappa shape index (κ2) is 10.1. The van der Waals surface area contributed by atoms with E-state index in [-0.39, 0.29) is 0 Å². The molecule has 30 heavy (non-hydrogen) atoms. The third kappa shape index (κ3) is 6.23. The molecule has 2 aromatic rings. The lowest BCUT2D eigenvalue weighted by Crippen LogP contribution is -2.14. The maximum Gasteiger partial charge on any atom is 0.416 e. The molecule has 0 aromatic heterocycles. The highest BCUT2D eigenvalue weighted by atomic mass is 19.4. The molecule has 5 nitrogen and oxygen atoms in total. The topological polar surface area (TPSA) is 68.1 Å². The van der Waals surface area contributed by atoms with E-state index >= 15 is 0 Å². The Labute approximate surface area is 173 Å². The van der Waals surface area contributed by atoms with E-state index in [2.05, 4.69) is 4.99 Å². The van der Waals surface area contributed by atoms with Crippen molar-refractivity contribution < 1.29 is 32.5 Å². The van der Waals surface area contributed by atoms with Crippen LogP contribution in [0.25, 0.3) is 0 Å². The van der Waals surface area contributed by atoms with Crippen LogP contribution in [0.1, 0.15) is 35.6 Å². The number of alkyl halides is 3. The molecule has 0 bridgehead atoms. The molecule has 162 valence electrons. The Morgan fingerprint density at radius 1 is 1.07 bits per heavy atom. The van der Waals surface area contributed by atoms with Gasteiger partial charge in [-0.1, -0.05) is 12.1 Å². The summed E-state index contributed by atoms with van der Waals surface area (Å²) in [6, 6.07) is 9.21. The Hall–Kier alpha value is -3.03. The highest BCUT2D eigenvalue weighted by Crippen LogP contribution is 2.33. The first-order valence-electron chi connectivity index (χ1n) is 9.30. The van der Waals surface area contributed by atoms with Crippen LogP contribution in [0.3, 0.4) is 0 Å². The van der Waals surface area contributed by atoms with Crippen molar-refractivity contribution in [3.05, 3.63) is 58.7 Å². The molecule has 8 heteroatoms. The summed E-state index contributed by atoms with van der Waals surface area (Å²) in [4.78, 5) is 13.6. The molecule has 1 aliphatic heterocycles. The number of carboxylic acid groups (broad SMARTS) is 1. The summed E-state index contributed by atoms with van der Waals surface area (Å²) in [5.74, 6) is 0.505. The number of hydrogen-bond donors (Lipinski definition) is 1. The Kier molecular flexibility index (Phi) is 7.86. The minimum Gasteiger partial charge on any atom is -0.493 e. The second-order valence-electron chi connectivity index (χ2n) is 6.66. The van der Waals surface area contributed by atoms with Crippen LogP contribution < -0.4 is 9.47 Å². The molecule has 2 aromatic carbocycles. The van der Waals surface area contributed by atoms with Crippen molar-refractivity contribution in [3.8, 4) is 11.5 Å². The van der Waals surface area contributed by atoms with Gasteiger partial charge in [0.05, 0.1) is 19.8 Å². The zero-order chi connectivity index (χ0) is 22.3. The molecule has 0 amide bonds. The van der Waals surface area contributed by atoms with Crippen molar-refractivity contribution in [2.45, 2.75) is 32.4 Å². The van der Waals surface area contributed by atoms with Crippen molar-refractivity contribution in [3.63, 3.8) is 0 Å². The third-order valence-electron chi connectivity index (χ3n) is 4.54. The van der Waals surface area contributed by atoms with Gasteiger partial charge in [0.25, 0.3) is 5.97 Å². The van der Waals surface area contributed by atoms with Crippen LogP contribution in [0, 0.1) is 0 Å². The van der Waals surface area contributed by atoms with Gasteiger partial charge in [-0.25, -0.2) is 0 Å². The Balaban J connectivity index is 0.000000735. The summed E-state index contributed by atoms with van der Waals surface area (Å²) in [7, 11) is 3.19. The molecule has 1 N–H and O–H groups in total. The highest BCUT2D eigenvalue weighted by Gasteiger charge is 2.29. The molecule has 0 fully saturated rings. The lowest BCUT2D eigenvalue weighted by molar-refractivity contribution is -0.137. The predicted octanol–water partition coefficient (Wildman–Crippen LogP) is 4.79. The number of halogens is 3. The molecule has 1 heterocycles. The van der Waals surface area contributed by atoms with Crippen molar-refractivity contribution in [1.82, 2.24) is 0 Å². The molecular weight excluding hydrogens is 399 g/mol. The predicted molar refractivity (Wildman–Crippen MR) is 108 cm³/mol.